The van der Waals surface area contributed by atoms with E-state index in [0.29, 0.717) is 0 Å². The molecule has 0 saturated carbocycles. The van der Waals surface area contributed by atoms with Crippen LogP contribution >= 0.6 is 24.0 Å². The quantitative estimate of drug-likeness (QED) is 0.215. The van der Waals surface area contributed by atoms with Gasteiger partial charge in [0.25, 0.3) is 0 Å². The zero-order chi connectivity index (χ0) is 17.5. The third-order valence-corrected chi connectivity index (χ3v) is 3.58. The molecule has 0 saturated heterocycles. The molecule has 1 rings (SSSR count). The maximum absolute atomic E-state index is 5.56. The summed E-state index contributed by atoms with van der Waals surface area (Å²) in [5.74, 6) is 1.80. The van der Waals surface area contributed by atoms with E-state index in [0.717, 1.165) is 63.8 Å². The van der Waals surface area contributed by atoms with Crippen molar-refractivity contribution < 1.29 is 9.47 Å². The minimum Gasteiger partial charge on any atom is -0.496 e. The molecule has 0 atom stereocenters. The number of benzene rings is 1. The lowest BCUT2D eigenvalue weighted by molar-refractivity contribution is 0.130. The maximum Gasteiger partial charge on any atom is 0.191 e. The first kappa shape index (κ1) is 24.0. The number of guanidine groups is 1. The molecule has 0 spiro atoms. The van der Waals surface area contributed by atoms with E-state index in [-0.39, 0.29) is 24.0 Å². The summed E-state index contributed by atoms with van der Waals surface area (Å²) in [6.45, 7) is 8.34. The first-order chi connectivity index (χ1) is 11.8. The predicted octanol–water partition coefficient (Wildman–Crippen LogP) is 3.62. The Morgan fingerprint density at radius 1 is 1.08 bits per heavy atom. The molecular weight excluding hydrogens is 429 g/mol. The van der Waals surface area contributed by atoms with Crippen molar-refractivity contribution in [3.05, 3.63) is 29.8 Å². The van der Waals surface area contributed by atoms with Crippen LogP contribution in [0.1, 0.15) is 38.7 Å². The molecule has 0 amide bonds. The molecular formula is C19H34IN3O2. The monoisotopic (exact) mass is 463 g/mol. The lowest BCUT2D eigenvalue weighted by Gasteiger charge is -2.12. The number of halogens is 1. The van der Waals surface area contributed by atoms with Crippen molar-refractivity contribution in [2.24, 2.45) is 4.99 Å². The van der Waals surface area contributed by atoms with Crippen molar-refractivity contribution in [2.45, 2.75) is 39.5 Å². The number of nitrogens with zero attached hydrogens (tertiary/aromatic N) is 1. The number of hydrogen-bond acceptors (Lipinski definition) is 3. The topological polar surface area (TPSA) is 54.9 Å². The minimum absolute atomic E-state index is 0. The van der Waals surface area contributed by atoms with E-state index >= 15 is 0 Å². The highest BCUT2D eigenvalue weighted by Gasteiger charge is 2.02. The number of para-hydroxylation sites is 1. The zero-order valence-electron chi connectivity index (χ0n) is 15.8. The van der Waals surface area contributed by atoms with Crippen LogP contribution in [0.3, 0.4) is 0 Å². The molecule has 0 aliphatic carbocycles. The van der Waals surface area contributed by atoms with Gasteiger partial charge in [0.2, 0.25) is 0 Å². The summed E-state index contributed by atoms with van der Waals surface area (Å²) in [6, 6.07) is 8.12. The summed E-state index contributed by atoms with van der Waals surface area (Å²) in [5, 5.41) is 6.65. The summed E-state index contributed by atoms with van der Waals surface area (Å²) in [5.41, 5.74) is 1.20. The lowest BCUT2D eigenvalue weighted by atomic mass is 10.1. The van der Waals surface area contributed by atoms with Crippen LogP contribution in [0.2, 0.25) is 0 Å². The normalized spacial score (nSPS) is 10.9. The molecule has 144 valence electrons. The second kappa shape index (κ2) is 16.4. The average Bonchev–Trinajstić information content (AvgIpc) is 2.61. The van der Waals surface area contributed by atoms with E-state index in [9.17, 15) is 0 Å². The molecule has 2 N–H and O–H groups in total. The van der Waals surface area contributed by atoms with Gasteiger partial charge in [0.1, 0.15) is 5.75 Å². The second-order valence-corrected chi connectivity index (χ2v) is 5.57. The second-order valence-electron chi connectivity index (χ2n) is 5.57. The van der Waals surface area contributed by atoms with Gasteiger partial charge in [-0.2, -0.15) is 0 Å². The summed E-state index contributed by atoms with van der Waals surface area (Å²) in [6.07, 6.45) is 4.16. The summed E-state index contributed by atoms with van der Waals surface area (Å²) < 4.78 is 10.9. The molecule has 5 nitrogen and oxygen atoms in total. The molecule has 0 radical (unpaired) electrons. The van der Waals surface area contributed by atoms with E-state index in [1.807, 2.05) is 18.2 Å². The molecule has 1 aromatic rings. The standard InChI is InChI=1S/C19H33N3O2.HI/c1-4-6-15-24-16-9-13-21-19(20-5-2)22-14-12-17-10-7-8-11-18(17)23-3;/h7-8,10-11H,4-6,9,12-16H2,1-3H3,(H2,20,21,22);1H. The largest absolute Gasteiger partial charge is 0.496 e. The van der Waals surface area contributed by atoms with E-state index in [4.69, 9.17) is 9.47 Å². The van der Waals surface area contributed by atoms with Gasteiger partial charge in [-0.1, -0.05) is 31.5 Å². The van der Waals surface area contributed by atoms with Crippen LogP contribution in [0.15, 0.2) is 29.3 Å². The molecule has 0 fully saturated rings. The van der Waals surface area contributed by atoms with Crippen LogP contribution in [0.25, 0.3) is 0 Å². The molecule has 0 aromatic heterocycles. The minimum atomic E-state index is 0. The van der Waals surface area contributed by atoms with E-state index in [2.05, 4.69) is 35.5 Å². The number of hydrogen-bond donors (Lipinski definition) is 2. The Morgan fingerprint density at radius 3 is 2.56 bits per heavy atom. The number of methoxy groups -OCH3 is 1. The van der Waals surface area contributed by atoms with Crippen LogP contribution in [-0.4, -0.2) is 45.9 Å². The van der Waals surface area contributed by atoms with Crippen molar-refractivity contribution in [1.29, 1.82) is 0 Å². The zero-order valence-corrected chi connectivity index (χ0v) is 18.2. The summed E-state index contributed by atoms with van der Waals surface area (Å²) in [4.78, 5) is 4.59. The van der Waals surface area contributed by atoms with Gasteiger partial charge in [0, 0.05) is 32.8 Å². The smallest absolute Gasteiger partial charge is 0.191 e. The Balaban J connectivity index is 0.00000576. The fraction of sp³-hybridized carbons (Fsp3) is 0.632. The Labute approximate surface area is 170 Å². The van der Waals surface area contributed by atoms with Crippen molar-refractivity contribution in [3.63, 3.8) is 0 Å². The summed E-state index contributed by atoms with van der Waals surface area (Å²) >= 11 is 0. The molecule has 0 aliphatic heterocycles. The Bertz CT molecular complexity index is 470. The number of nitrogens with one attached hydrogen (secondary N) is 2. The van der Waals surface area contributed by atoms with Gasteiger partial charge < -0.3 is 20.1 Å². The van der Waals surface area contributed by atoms with Gasteiger partial charge in [0.05, 0.1) is 7.11 Å². The molecule has 1 aromatic carbocycles. The first-order valence-corrected chi connectivity index (χ1v) is 9.03. The van der Waals surface area contributed by atoms with Crippen LogP contribution in [0, 0.1) is 0 Å². The number of aliphatic imine (C=N–C) groups is 1. The Hall–Kier alpha value is -1.02. The third-order valence-electron chi connectivity index (χ3n) is 3.58. The SMILES string of the molecule is CCCCOCCCN=C(NCC)NCCc1ccccc1OC.I. The van der Waals surface area contributed by atoms with Gasteiger partial charge in [-0.3, -0.25) is 4.99 Å². The number of unbranched alkanes of at least 4 members (excludes halogenated alkanes) is 1. The van der Waals surface area contributed by atoms with Gasteiger partial charge in [-0.15, -0.1) is 24.0 Å². The molecule has 25 heavy (non-hydrogen) atoms. The number of rotatable bonds is 12. The molecule has 0 heterocycles. The van der Waals surface area contributed by atoms with Crippen molar-refractivity contribution in [2.75, 3.05) is 40.0 Å². The van der Waals surface area contributed by atoms with Gasteiger partial charge in [0.15, 0.2) is 5.96 Å². The van der Waals surface area contributed by atoms with Crippen molar-refractivity contribution >= 4 is 29.9 Å². The van der Waals surface area contributed by atoms with E-state index < -0.39 is 0 Å². The Morgan fingerprint density at radius 2 is 1.84 bits per heavy atom. The van der Waals surface area contributed by atoms with Crippen LogP contribution < -0.4 is 15.4 Å². The molecule has 0 aliphatic rings. The van der Waals surface area contributed by atoms with Gasteiger partial charge in [-0.25, -0.2) is 0 Å². The fourth-order valence-electron chi connectivity index (χ4n) is 2.27. The number of ether oxygens (including phenoxy) is 2. The van der Waals surface area contributed by atoms with Crippen LogP contribution in [0.5, 0.6) is 5.75 Å². The molecule has 6 heteroatoms. The first-order valence-electron chi connectivity index (χ1n) is 9.03. The molecule has 0 bridgehead atoms. The average molecular weight is 463 g/mol. The van der Waals surface area contributed by atoms with Gasteiger partial charge >= 0.3 is 0 Å². The third kappa shape index (κ3) is 11.3. The van der Waals surface area contributed by atoms with E-state index in [1.54, 1.807) is 7.11 Å². The highest BCUT2D eigenvalue weighted by atomic mass is 127. The van der Waals surface area contributed by atoms with E-state index in [1.165, 1.54) is 12.0 Å². The fourth-order valence-corrected chi connectivity index (χ4v) is 2.27. The Kier molecular flexibility index (Phi) is 15.8. The van der Waals surface area contributed by atoms with Crippen LogP contribution in [-0.2, 0) is 11.2 Å². The molecule has 0 unspecified atom stereocenters. The van der Waals surface area contributed by atoms with Crippen LogP contribution in [0.4, 0.5) is 0 Å². The van der Waals surface area contributed by atoms with Crippen molar-refractivity contribution in [1.82, 2.24) is 10.6 Å². The highest BCUT2D eigenvalue weighted by molar-refractivity contribution is 14.0. The predicted molar refractivity (Wildman–Crippen MR) is 116 cm³/mol. The van der Waals surface area contributed by atoms with Crippen molar-refractivity contribution in [3.8, 4) is 5.75 Å². The highest BCUT2D eigenvalue weighted by Crippen LogP contribution is 2.17. The maximum atomic E-state index is 5.56. The van der Waals surface area contributed by atoms with Gasteiger partial charge in [-0.05, 0) is 37.8 Å². The summed E-state index contributed by atoms with van der Waals surface area (Å²) in [7, 11) is 1.71. The lowest BCUT2D eigenvalue weighted by Crippen LogP contribution is -2.38.